The van der Waals surface area contributed by atoms with Gasteiger partial charge >= 0.3 is 0 Å². The van der Waals surface area contributed by atoms with Crippen molar-refractivity contribution in [3.8, 4) is 17.6 Å². The lowest BCUT2D eigenvalue weighted by Gasteiger charge is -2.16. The molecular formula is C33H26BrN3O3S. The van der Waals surface area contributed by atoms with E-state index >= 15 is 0 Å². The van der Waals surface area contributed by atoms with Crippen LogP contribution < -0.4 is 9.47 Å². The van der Waals surface area contributed by atoms with Crippen molar-refractivity contribution in [1.82, 2.24) is 4.90 Å². The Kier molecular flexibility index (Phi) is 9.19. The van der Waals surface area contributed by atoms with Crippen molar-refractivity contribution in [2.24, 2.45) is 4.99 Å². The highest BCUT2D eigenvalue weighted by Gasteiger charge is 2.33. The van der Waals surface area contributed by atoms with E-state index in [1.54, 1.807) is 24.1 Å². The van der Waals surface area contributed by atoms with Crippen molar-refractivity contribution in [3.63, 3.8) is 0 Å². The van der Waals surface area contributed by atoms with E-state index in [0.717, 1.165) is 22.3 Å². The van der Waals surface area contributed by atoms with E-state index in [0.29, 0.717) is 51.3 Å². The summed E-state index contributed by atoms with van der Waals surface area (Å²) >= 11 is 4.99. The van der Waals surface area contributed by atoms with Crippen LogP contribution in [0.3, 0.4) is 0 Å². The molecule has 0 bridgehead atoms. The van der Waals surface area contributed by atoms with Gasteiger partial charge in [-0.3, -0.25) is 14.7 Å². The lowest BCUT2D eigenvalue weighted by atomic mass is 10.1. The SMILES string of the molecule is COc1cc(/C=C2/SC(=NCc3ccccc3)N(Cc3ccccc3)C2=O)cc(Br)c1OCc1ccc(C#N)cc1. The molecule has 1 fully saturated rings. The smallest absolute Gasteiger partial charge is 0.267 e. The third-order valence-electron chi connectivity index (χ3n) is 6.33. The van der Waals surface area contributed by atoms with Crippen LogP contribution in [0, 0.1) is 11.3 Å². The minimum absolute atomic E-state index is 0.0955. The second kappa shape index (κ2) is 13.4. The van der Waals surface area contributed by atoms with Gasteiger partial charge in [0.25, 0.3) is 5.91 Å². The van der Waals surface area contributed by atoms with Gasteiger partial charge in [-0.2, -0.15) is 5.26 Å². The summed E-state index contributed by atoms with van der Waals surface area (Å²) in [6.45, 7) is 1.23. The maximum absolute atomic E-state index is 13.6. The first-order chi connectivity index (χ1) is 20.0. The summed E-state index contributed by atoms with van der Waals surface area (Å²) < 4.78 is 12.4. The second-order valence-electron chi connectivity index (χ2n) is 9.20. The Labute approximate surface area is 252 Å². The zero-order valence-corrected chi connectivity index (χ0v) is 24.7. The van der Waals surface area contributed by atoms with Gasteiger partial charge in [0.05, 0.1) is 41.2 Å². The summed E-state index contributed by atoms with van der Waals surface area (Å²) in [6.07, 6.45) is 1.85. The van der Waals surface area contributed by atoms with Crippen LogP contribution in [-0.2, 0) is 24.5 Å². The molecule has 1 aliphatic rings. The van der Waals surface area contributed by atoms with Crippen molar-refractivity contribution in [2.45, 2.75) is 19.7 Å². The molecule has 0 aromatic heterocycles. The summed E-state index contributed by atoms with van der Waals surface area (Å²) in [5.41, 5.74) is 4.43. The molecular weight excluding hydrogens is 598 g/mol. The maximum Gasteiger partial charge on any atom is 0.267 e. The number of rotatable bonds is 9. The Balaban J connectivity index is 1.39. The van der Waals surface area contributed by atoms with Gasteiger partial charge in [0.2, 0.25) is 0 Å². The van der Waals surface area contributed by atoms with Gasteiger partial charge in [-0.25, -0.2) is 0 Å². The van der Waals surface area contributed by atoms with E-state index in [4.69, 9.17) is 19.7 Å². The molecule has 1 amide bonds. The number of halogens is 1. The number of nitrogens with zero attached hydrogens (tertiary/aromatic N) is 3. The first kappa shape index (κ1) is 28.2. The largest absolute Gasteiger partial charge is 0.493 e. The molecule has 1 saturated heterocycles. The number of ether oxygens (including phenoxy) is 2. The Morgan fingerprint density at radius 3 is 2.29 bits per heavy atom. The molecule has 0 unspecified atom stereocenters. The third kappa shape index (κ3) is 7.07. The zero-order valence-electron chi connectivity index (χ0n) is 22.3. The van der Waals surface area contributed by atoms with Gasteiger partial charge in [0, 0.05) is 0 Å². The van der Waals surface area contributed by atoms with Crippen molar-refractivity contribution >= 4 is 44.8 Å². The van der Waals surface area contributed by atoms with Crippen LogP contribution >= 0.6 is 27.7 Å². The lowest BCUT2D eigenvalue weighted by molar-refractivity contribution is -0.122. The number of hydrogen-bond acceptors (Lipinski definition) is 6. The first-order valence-electron chi connectivity index (χ1n) is 12.9. The van der Waals surface area contributed by atoms with Gasteiger partial charge < -0.3 is 9.47 Å². The number of carbonyl (C=O) groups is 1. The molecule has 0 radical (unpaired) electrons. The normalized spacial score (nSPS) is 14.9. The van der Waals surface area contributed by atoms with Crippen molar-refractivity contribution < 1.29 is 14.3 Å². The topological polar surface area (TPSA) is 74.9 Å². The Bertz CT molecular complexity index is 1630. The molecule has 0 saturated carbocycles. The number of benzene rings is 4. The molecule has 5 rings (SSSR count). The van der Waals surface area contributed by atoms with Crippen molar-refractivity contribution in [2.75, 3.05) is 7.11 Å². The first-order valence-corrected chi connectivity index (χ1v) is 14.5. The molecule has 0 N–H and O–H groups in total. The molecule has 4 aromatic carbocycles. The molecule has 0 aliphatic carbocycles. The lowest BCUT2D eigenvalue weighted by Crippen LogP contribution is -2.28. The molecule has 1 aliphatic heterocycles. The van der Waals surface area contributed by atoms with E-state index in [1.165, 1.54) is 11.8 Å². The Hall–Kier alpha value is -4.32. The van der Waals surface area contributed by atoms with Crippen LogP contribution in [0.2, 0.25) is 0 Å². The highest BCUT2D eigenvalue weighted by atomic mass is 79.9. The summed E-state index contributed by atoms with van der Waals surface area (Å²) in [4.78, 5) is 20.7. The average molecular weight is 625 g/mol. The fourth-order valence-electron chi connectivity index (χ4n) is 4.22. The zero-order chi connectivity index (χ0) is 28.6. The number of thioether (sulfide) groups is 1. The monoisotopic (exact) mass is 623 g/mol. The van der Waals surface area contributed by atoms with E-state index in [-0.39, 0.29) is 5.91 Å². The van der Waals surface area contributed by atoms with Gasteiger partial charge in [0.15, 0.2) is 16.7 Å². The number of aliphatic imine (C=N–C) groups is 1. The number of carbonyl (C=O) groups excluding carboxylic acids is 1. The fourth-order valence-corrected chi connectivity index (χ4v) is 5.77. The highest BCUT2D eigenvalue weighted by Crippen LogP contribution is 2.40. The second-order valence-corrected chi connectivity index (χ2v) is 11.1. The van der Waals surface area contributed by atoms with Crippen LogP contribution in [0.1, 0.15) is 27.8 Å². The minimum atomic E-state index is -0.0955. The van der Waals surface area contributed by atoms with Gasteiger partial charge in [-0.1, -0.05) is 72.8 Å². The van der Waals surface area contributed by atoms with Gasteiger partial charge in [-0.15, -0.1) is 0 Å². The Morgan fingerprint density at radius 2 is 1.63 bits per heavy atom. The third-order valence-corrected chi connectivity index (χ3v) is 7.96. The molecule has 41 heavy (non-hydrogen) atoms. The summed E-state index contributed by atoms with van der Waals surface area (Å²) in [7, 11) is 1.58. The molecule has 6 nitrogen and oxygen atoms in total. The van der Waals surface area contributed by atoms with E-state index in [9.17, 15) is 4.79 Å². The molecule has 1 heterocycles. The highest BCUT2D eigenvalue weighted by molar-refractivity contribution is 9.10. The fraction of sp³-hybridized carbons (Fsp3) is 0.121. The standard InChI is InChI=1S/C33H26BrN3O3S/c1-39-29-17-27(16-28(34)31(29)40-22-26-14-12-23(19-35)13-15-26)18-30-32(38)37(21-25-10-6-3-7-11-25)33(41-30)36-20-24-8-4-2-5-9-24/h2-18H,20-22H2,1H3/b30-18+,36-33?. The predicted octanol–water partition coefficient (Wildman–Crippen LogP) is 7.58. The van der Waals surface area contributed by atoms with E-state index in [1.807, 2.05) is 91.0 Å². The summed E-state index contributed by atoms with van der Waals surface area (Å²) in [5.74, 6) is 0.997. The quantitative estimate of drug-likeness (QED) is 0.180. The van der Waals surface area contributed by atoms with Crippen molar-refractivity contribution in [1.29, 1.82) is 5.26 Å². The van der Waals surface area contributed by atoms with Crippen LogP contribution in [0.4, 0.5) is 0 Å². The number of amidine groups is 1. The number of hydrogen-bond donors (Lipinski definition) is 0. The van der Waals surface area contributed by atoms with Crippen molar-refractivity contribution in [3.05, 3.63) is 134 Å². The average Bonchev–Trinajstić information content (AvgIpc) is 3.29. The predicted molar refractivity (Wildman–Crippen MR) is 166 cm³/mol. The van der Waals surface area contributed by atoms with Gasteiger partial charge in [0.1, 0.15) is 6.61 Å². The molecule has 204 valence electrons. The van der Waals surface area contributed by atoms with Gasteiger partial charge in [-0.05, 0) is 80.3 Å². The molecule has 4 aromatic rings. The molecule has 0 spiro atoms. The Morgan fingerprint density at radius 1 is 0.951 bits per heavy atom. The molecule has 0 atom stereocenters. The molecule has 8 heteroatoms. The van der Waals surface area contributed by atoms with E-state index < -0.39 is 0 Å². The van der Waals surface area contributed by atoms with Crippen LogP contribution in [0.5, 0.6) is 11.5 Å². The number of nitriles is 1. The number of methoxy groups -OCH3 is 1. The summed E-state index contributed by atoms with van der Waals surface area (Å²) in [6, 6.07) is 33.0. The van der Waals surface area contributed by atoms with E-state index in [2.05, 4.69) is 22.0 Å². The minimum Gasteiger partial charge on any atom is -0.493 e. The maximum atomic E-state index is 13.6. The number of amides is 1. The van der Waals surface area contributed by atoms with Crippen LogP contribution in [0.15, 0.2) is 111 Å². The summed E-state index contributed by atoms with van der Waals surface area (Å²) in [5, 5.41) is 9.68. The van der Waals surface area contributed by atoms with Crippen LogP contribution in [0.25, 0.3) is 6.08 Å². The van der Waals surface area contributed by atoms with Crippen LogP contribution in [-0.4, -0.2) is 23.1 Å².